The summed E-state index contributed by atoms with van der Waals surface area (Å²) < 4.78 is 47.3. The number of methoxy groups -OCH3 is 1. The van der Waals surface area contributed by atoms with Gasteiger partial charge in [0.2, 0.25) is 0 Å². The van der Waals surface area contributed by atoms with E-state index in [0.717, 1.165) is 22.2 Å². The minimum absolute atomic E-state index is 0.00817. The summed E-state index contributed by atoms with van der Waals surface area (Å²) in [5, 5.41) is -0.394. The summed E-state index contributed by atoms with van der Waals surface area (Å²) in [6.07, 6.45) is 1.55. The summed E-state index contributed by atoms with van der Waals surface area (Å²) in [5.74, 6) is 0.900. The van der Waals surface area contributed by atoms with Gasteiger partial charge in [-0.05, 0) is 85.8 Å². The van der Waals surface area contributed by atoms with Crippen LogP contribution in [0.1, 0.15) is 18.1 Å². The Kier molecular flexibility index (Phi) is 8.82. The topological polar surface area (TPSA) is 108 Å². The Bertz CT molecular complexity index is 1480. The largest absolute Gasteiger partial charge is 0.497 e. The maximum Gasteiger partial charge on any atom is 0.339 e. The van der Waals surface area contributed by atoms with Crippen LogP contribution in [0.15, 0.2) is 76.5 Å². The zero-order valence-electron chi connectivity index (χ0n) is 21.6. The standard InChI is InChI=1S/C28H27NO8S2/c1-4-35-25-17-20(7-14-24(25)37-39(32,33)23-12-10-21(34-3)11-13-23)18-26-27(30)29(28(31)38-26)15-16-36-22-8-5-19(2)6-9-22/h5-14,17-18H,4,15-16H2,1-3H3/b26-18-. The van der Waals surface area contributed by atoms with Gasteiger partial charge >= 0.3 is 10.1 Å². The SMILES string of the molecule is CCOc1cc(/C=C2\SC(=O)N(CCOc3ccc(C)cc3)C2=O)ccc1OS(=O)(=O)c1ccc(OC)cc1. The van der Waals surface area contributed by atoms with Crippen LogP contribution in [0.25, 0.3) is 6.08 Å². The van der Waals surface area contributed by atoms with Crippen molar-refractivity contribution >= 4 is 39.1 Å². The lowest BCUT2D eigenvalue weighted by Crippen LogP contribution is -2.32. The molecule has 4 rings (SSSR count). The number of aryl methyl sites for hydroxylation is 1. The van der Waals surface area contributed by atoms with Crippen molar-refractivity contribution in [1.82, 2.24) is 4.90 Å². The number of amides is 2. The van der Waals surface area contributed by atoms with Gasteiger partial charge in [-0.15, -0.1) is 0 Å². The summed E-state index contributed by atoms with van der Waals surface area (Å²) in [4.78, 5) is 26.7. The van der Waals surface area contributed by atoms with E-state index in [0.29, 0.717) is 17.1 Å². The Balaban J connectivity index is 1.47. The molecule has 0 aliphatic carbocycles. The number of ether oxygens (including phenoxy) is 3. The van der Waals surface area contributed by atoms with Crippen LogP contribution in [0.3, 0.4) is 0 Å². The van der Waals surface area contributed by atoms with Crippen LogP contribution in [0.4, 0.5) is 4.79 Å². The summed E-state index contributed by atoms with van der Waals surface area (Å²) >= 11 is 0.823. The highest BCUT2D eigenvalue weighted by Gasteiger charge is 2.35. The zero-order valence-corrected chi connectivity index (χ0v) is 23.2. The second-order valence-corrected chi connectivity index (χ2v) is 10.9. The summed E-state index contributed by atoms with van der Waals surface area (Å²) in [6, 6.07) is 17.9. The maximum absolute atomic E-state index is 12.9. The first kappa shape index (κ1) is 28.1. The van der Waals surface area contributed by atoms with Crippen molar-refractivity contribution in [3.05, 3.63) is 82.8 Å². The van der Waals surface area contributed by atoms with Crippen molar-refractivity contribution in [2.75, 3.05) is 26.9 Å². The minimum Gasteiger partial charge on any atom is -0.497 e. The Morgan fingerprint density at radius 3 is 2.26 bits per heavy atom. The van der Waals surface area contributed by atoms with Gasteiger partial charge in [-0.2, -0.15) is 8.42 Å². The lowest BCUT2D eigenvalue weighted by molar-refractivity contribution is -0.123. The Hall–Kier alpha value is -3.96. The molecule has 1 saturated heterocycles. The number of imide groups is 1. The average Bonchev–Trinajstić information content (AvgIpc) is 3.18. The lowest BCUT2D eigenvalue weighted by atomic mass is 10.2. The minimum atomic E-state index is -4.14. The van der Waals surface area contributed by atoms with E-state index in [-0.39, 0.29) is 41.1 Å². The molecule has 11 heteroatoms. The molecule has 3 aromatic rings. The second-order valence-electron chi connectivity index (χ2n) is 8.35. The first-order valence-electron chi connectivity index (χ1n) is 12.0. The number of hydrogen-bond acceptors (Lipinski definition) is 9. The van der Waals surface area contributed by atoms with E-state index >= 15 is 0 Å². The number of thioether (sulfide) groups is 1. The van der Waals surface area contributed by atoms with E-state index in [2.05, 4.69) is 0 Å². The molecule has 1 aliphatic rings. The van der Waals surface area contributed by atoms with Crippen LogP contribution < -0.4 is 18.4 Å². The van der Waals surface area contributed by atoms with Gasteiger partial charge < -0.3 is 18.4 Å². The highest BCUT2D eigenvalue weighted by molar-refractivity contribution is 8.18. The molecule has 204 valence electrons. The number of nitrogens with zero attached hydrogens (tertiary/aromatic N) is 1. The van der Waals surface area contributed by atoms with Crippen molar-refractivity contribution in [2.45, 2.75) is 18.7 Å². The number of carbonyl (C=O) groups is 2. The summed E-state index contributed by atoms with van der Waals surface area (Å²) in [5.41, 5.74) is 1.64. The fraction of sp³-hybridized carbons (Fsp3) is 0.214. The normalized spacial score (nSPS) is 14.5. The van der Waals surface area contributed by atoms with E-state index in [4.69, 9.17) is 18.4 Å². The van der Waals surface area contributed by atoms with Crippen LogP contribution in [0, 0.1) is 6.92 Å². The van der Waals surface area contributed by atoms with Crippen molar-refractivity contribution in [2.24, 2.45) is 0 Å². The molecule has 0 radical (unpaired) electrons. The molecular weight excluding hydrogens is 542 g/mol. The van der Waals surface area contributed by atoms with Gasteiger partial charge in [0.1, 0.15) is 23.0 Å². The van der Waals surface area contributed by atoms with E-state index in [1.807, 2.05) is 31.2 Å². The number of hydrogen-bond donors (Lipinski definition) is 0. The highest BCUT2D eigenvalue weighted by Crippen LogP contribution is 2.35. The predicted octanol–water partition coefficient (Wildman–Crippen LogP) is 5.29. The number of rotatable bonds is 11. The monoisotopic (exact) mass is 569 g/mol. The van der Waals surface area contributed by atoms with Gasteiger partial charge in [-0.25, -0.2) is 0 Å². The third kappa shape index (κ3) is 6.92. The van der Waals surface area contributed by atoms with Gasteiger partial charge in [-0.1, -0.05) is 23.8 Å². The third-order valence-corrected chi connectivity index (χ3v) is 7.75. The molecule has 9 nitrogen and oxygen atoms in total. The molecule has 1 aliphatic heterocycles. The van der Waals surface area contributed by atoms with Crippen molar-refractivity contribution < 1.29 is 36.4 Å². The quantitative estimate of drug-likeness (QED) is 0.225. The van der Waals surface area contributed by atoms with Crippen molar-refractivity contribution in [3.8, 4) is 23.0 Å². The first-order valence-corrected chi connectivity index (χ1v) is 14.2. The Morgan fingerprint density at radius 1 is 0.897 bits per heavy atom. The van der Waals surface area contributed by atoms with Gasteiger partial charge in [-0.3, -0.25) is 14.5 Å². The molecule has 1 heterocycles. The van der Waals surface area contributed by atoms with Crippen LogP contribution >= 0.6 is 11.8 Å². The van der Waals surface area contributed by atoms with Crippen LogP contribution in [0.2, 0.25) is 0 Å². The molecule has 0 unspecified atom stereocenters. The van der Waals surface area contributed by atoms with Crippen molar-refractivity contribution in [3.63, 3.8) is 0 Å². The van der Waals surface area contributed by atoms with Crippen LogP contribution in [0.5, 0.6) is 23.0 Å². The van der Waals surface area contributed by atoms with E-state index in [1.165, 1.54) is 37.4 Å². The van der Waals surface area contributed by atoms with Gasteiger partial charge in [0, 0.05) is 0 Å². The smallest absolute Gasteiger partial charge is 0.339 e. The average molecular weight is 570 g/mol. The third-order valence-electron chi connectivity index (χ3n) is 5.59. The fourth-order valence-corrected chi connectivity index (χ4v) is 5.40. The second kappa shape index (κ2) is 12.3. The van der Waals surface area contributed by atoms with Gasteiger partial charge in [0.25, 0.3) is 11.1 Å². The summed E-state index contributed by atoms with van der Waals surface area (Å²) in [6.45, 7) is 4.24. The zero-order chi connectivity index (χ0) is 28.0. The molecular formula is C28H27NO8S2. The number of carbonyl (C=O) groups excluding carboxylic acids is 2. The van der Waals surface area contributed by atoms with E-state index in [1.54, 1.807) is 25.1 Å². The predicted molar refractivity (Wildman–Crippen MR) is 148 cm³/mol. The molecule has 0 N–H and O–H groups in total. The Morgan fingerprint density at radius 2 is 1.59 bits per heavy atom. The molecule has 0 aromatic heterocycles. The summed E-state index contributed by atoms with van der Waals surface area (Å²) in [7, 11) is -2.66. The molecule has 2 amide bonds. The molecule has 39 heavy (non-hydrogen) atoms. The first-order chi connectivity index (χ1) is 18.7. The fourth-order valence-electron chi connectivity index (χ4n) is 3.59. The number of benzene rings is 3. The molecule has 1 fully saturated rings. The van der Waals surface area contributed by atoms with Gasteiger partial charge in [0.05, 0.1) is 25.2 Å². The molecule has 0 bridgehead atoms. The van der Waals surface area contributed by atoms with Gasteiger partial charge in [0.15, 0.2) is 11.5 Å². The maximum atomic E-state index is 12.9. The van der Waals surface area contributed by atoms with E-state index < -0.39 is 21.3 Å². The lowest BCUT2D eigenvalue weighted by Gasteiger charge is -2.13. The molecule has 3 aromatic carbocycles. The molecule has 0 atom stereocenters. The Labute approximate surface area is 231 Å². The van der Waals surface area contributed by atoms with Crippen LogP contribution in [-0.2, 0) is 14.9 Å². The highest BCUT2D eigenvalue weighted by atomic mass is 32.2. The van der Waals surface area contributed by atoms with Crippen molar-refractivity contribution in [1.29, 1.82) is 0 Å². The van der Waals surface area contributed by atoms with E-state index in [9.17, 15) is 18.0 Å². The molecule has 0 spiro atoms. The molecule has 0 saturated carbocycles. The van der Waals surface area contributed by atoms with Crippen LogP contribution in [-0.4, -0.2) is 51.3 Å².